The molecule has 6 nitrogen and oxygen atoms in total. The smallest absolute Gasteiger partial charge is 0.305 e. The summed E-state index contributed by atoms with van der Waals surface area (Å²) in [5, 5.41) is 8.97. The van der Waals surface area contributed by atoms with E-state index in [4.69, 9.17) is 14.6 Å². The molecule has 1 N–H and O–H groups in total. The van der Waals surface area contributed by atoms with Crippen LogP contribution in [0.5, 0.6) is 0 Å². The zero-order chi connectivity index (χ0) is 15.4. The Morgan fingerprint density at radius 1 is 1.38 bits per heavy atom. The summed E-state index contributed by atoms with van der Waals surface area (Å²) in [7, 11) is 1.60. The van der Waals surface area contributed by atoms with E-state index in [0.29, 0.717) is 19.4 Å². The molecular weight excluding hydrogens is 274 g/mol. The molecule has 0 radical (unpaired) electrons. The first kappa shape index (κ1) is 16.2. The van der Waals surface area contributed by atoms with Gasteiger partial charge in [0.25, 0.3) is 0 Å². The van der Waals surface area contributed by atoms with Crippen LogP contribution in [-0.2, 0) is 19.1 Å². The summed E-state index contributed by atoms with van der Waals surface area (Å²) < 4.78 is 11.0. The second-order valence-corrected chi connectivity index (χ2v) is 6.08. The van der Waals surface area contributed by atoms with Crippen LogP contribution in [0.25, 0.3) is 0 Å². The average molecular weight is 299 g/mol. The van der Waals surface area contributed by atoms with Gasteiger partial charge in [0.15, 0.2) is 0 Å². The van der Waals surface area contributed by atoms with E-state index >= 15 is 0 Å². The van der Waals surface area contributed by atoms with Gasteiger partial charge in [-0.2, -0.15) is 0 Å². The lowest BCUT2D eigenvalue weighted by atomic mass is 10.1. The van der Waals surface area contributed by atoms with Gasteiger partial charge in [-0.25, -0.2) is 0 Å². The number of amides is 1. The molecule has 2 aliphatic heterocycles. The number of likely N-dealkylation sites (tertiary alicyclic amines) is 1. The number of carbonyl (C=O) groups is 2. The number of hydrogen-bond donors (Lipinski definition) is 1. The maximum absolute atomic E-state index is 12.4. The van der Waals surface area contributed by atoms with Gasteiger partial charge >= 0.3 is 5.97 Å². The maximum atomic E-state index is 12.4. The average Bonchev–Trinajstić information content (AvgIpc) is 3.02. The second-order valence-electron chi connectivity index (χ2n) is 6.08. The van der Waals surface area contributed by atoms with Crippen LogP contribution in [-0.4, -0.2) is 59.9 Å². The molecule has 6 heteroatoms. The highest BCUT2D eigenvalue weighted by Crippen LogP contribution is 2.26. The molecule has 0 aromatic rings. The van der Waals surface area contributed by atoms with Crippen molar-refractivity contribution in [3.05, 3.63) is 0 Å². The summed E-state index contributed by atoms with van der Waals surface area (Å²) in [6.07, 6.45) is 4.19. The third-order valence-corrected chi connectivity index (χ3v) is 4.44. The fourth-order valence-electron chi connectivity index (χ4n) is 3.27. The van der Waals surface area contributed by atoms with Crippen molar-refractivity contribution in [3.8, 4) is 0 Å². The molecule has 2 aliphatic rings. The van der Waals surface area contributed by atoms with Crippen molar-refractivity contribution < 1.29 is 24.2 Å². The molecule has 0 aromatic carbocycles. The monoisotopic (exact) mass is 299 g/mol. The maximum Gasteiger partial charge on any atom is 0.305 e. The van der Waals surface area contributed by atoms with Crippen LogP contribution < -0.4 is 0 Å². The minimum absolute atomic E-state index is 0.0113. The SMILES string of the molecule is COC1CC(CC(=O)O)N(C(=O)CCC2CCC(C)O2)C1. The number of rotatable bonds is 6. The Hall–Kier alpha value is -1.14. The van der Waals surface area contributed by atoms with Gasteiger partial charge in [-0.15, -0.1) is 0 Å². The van der Waals surface area contributed by atoms with E-state index in [1.807, 2.05) is 6.92 Å². The van der Waals surface area contributed by atoms with E-state index in [1.54, 1.807) is 12.0 Å². The number of carbonyl (C=O) groups excluding carboxylic acids is 1. The number of ether oxygens (including phenoxy) is 2. The summed E-state index contributed by atoms with van der Waals surface area (Å²) in [5.41, 5.74) is 0. The Labute approximate surface area is 125 Å². The zero-order valence-corrected chi connectivity index (χ0v) is 12.8. The van der Waals surface area contributed by atoms with Crippen LogP contribution in [0.1, 0.15) is 45.4 Å². The van der Waals surface area contributed by atoms with Crippen LogP contribution in [0.15, 0.2) is 0 Å². The fraction of sp³-hybridized carbons (Fsp3) is 0.867. The largest absolute Gasteiger partial charge is 0.481 e. The Kier molecular flexibility index (Phi) is 5.58. The molecule has 2 saturated heterocycles. The molecule has 1 amide bonds. The normalized spacial score (nSPS) is 32.6. The van der Waals surface area contributed by atoms with Gasteiger partial charge in [0.1, 0.15) is 0 Å². The first-order valence-electron chi connectivity index (χ1n) is 7.69. The van der Waals surface area contributed by atoms with Crippen LogP contribution >= 0.6 is 0 Å². The van der Waals surface area contributed by atoms with Crippen LogP contribution in [0.2, 0.25) is 0 Å². The molecule has 0 spiro atoms. The number of aliphatic carboxylic acids is 1. The van der Waals surface area contributed by atoms with Crippen LogP contribution in [0.4, 0.5) is 0 Å². The van der Waals surface area contributed by atoms with Gasteiger partial charge in [-0.1, -0.05) is 0 Å². The third kappa shape index (κ3) is 4.41. The molecule has 0 aromatic heterocycles. The summed E-state index contributed by atoms with van der Waals surface area (Å²) in [5.74, 6) is -0.855. The Morgan fingerprint density at radius 3 is 2.71 bits per heavy atom. The quantitative estimate of drug-likeness (QED) is 0.803. The molecule has 0 saturated carbocycles. The van der Waals surface area contributed by atoms with Crippen molar-refractivity contribution in [2.24, 2.45) is 0 Å². The fourth-order valence-corrected chi connectivity index (χ4v) is 3.27. The van der Waals surface area contributed by atoms with Crippen molar-refractivity contribution >= 4 is 11.9 Å². The molecule has 0 aliphatic carbocycles. The lowest BCUT2D eigenvalue weighted by Crippen LogP contribution is -2.37. The summed E-state index contributed by atoms with van der Waals surface area (Å²) in [4.78, 5) is 25.0. The van der Waals surface area contributed by atoms with Crippen LogP contribution in [0, 0.1) is 0 Å². The number of hydrogen-bond acceptors (Lipinski definition) is 4. The number of carboxylic acid groups (broad SMARTS) is 1. The first-order valence-corrected chi connectivity index (χ1v) is 7.69. The van der Waals surface area contributed by atoms with E-state index in [2.05, 4.69) is 0 Å². The Morgan fingerprint density at radius 2 is 2.14 bits per heavy atom. The summed E-state index contributed by atoms with van der Waals surface area (Å²) in [6.45, 7) is 2.55. The van der Waals surface area contributed by atoms with Gasteiger partial charge in [0.05, 0.1) is 24.7 Å². The molecule has 4 atom stereocenters. The van der Waals surface area contributed by atoms with Crippen molar-refractivity contribution in [3.63, 3.8) is 0 Å². The molecule has 21 heavy (non-hydrogen) atoms. The van der Waals surface area contributed by atoms with E-state index in [1.165, 1.54) is 0 Å². The van der Waals surface area contributed by atoms with Crippen molar-refractivity contribution in [2.75, 3.05) is 13.7 Å². The second kappa shape index (κ2) is 7.22. The highest BCUT2D eigenvalue weighted by Gasteiger charge is 2.36. The van der Waals surface area contributed by atoms with E-state index in [0.717, 1.165) is 19.3 Å². The van der Waals surface area contributed by atoms with Gasteiger partial charge in [-0.05, 0) is 32.6 Å². The van der Waals surface area contributed by atoms with E-state index < -0.39 is 5.97 Å². The predicted octanol–water partition coefficient (Wildman–Crippen LogP) is 1.42. The third-order valence-electron chi connectivity index (χ3n) is 4.44. The lowest BCUT2D eigenvalue weighted by molar-refractivity contribution is -0.140. The highest BCUT2D eigenvalue weighted by atomic mass is 16.5. The Balaban J connectivity index is 1.85. The van der Waals surface area contributed by atoms with Crippen molar-refractivity contribution in [1.82, 2.24) is 4.90 Å². The predicted molar refractivity (Wildman–Crippen MR) is 76.0 cm³/mol. The van der Waals surface area contributed by atoms with Gasteiger partial charge in [0.2, 0.25) is 5.91 Å². The first-order chi connectivity index (χ1) is 9.99. The van der Waals surface area contributed by atoms with E-state index in [9.17, 15) is 9.59 Å². The summed E-state index contributed by atoms with van der Waals surface area (Å²) >= 11 is 0. The molecule has 120 valence electrons. The number of nitrogens with zero attached hydrogens (tertiary/aromatic N) is 1. The van der Waals surface area contributed by atoms with E-state index in [-0.39, 0.29) is 36.7 Å². The van der Waals surface area contributed by atoms with Crippen molar-refractivity contribution in [1.29, 1.82) is 0 Å². The van der Waals surface area contributed by atoms with Crippen LogP contribution in [0.3, 0.4) is 0 Å². The van der Waals surface area contributed by atoms with Crippen molar-refractivity contribution in [2.45, 2.75) is 69.8 Å². The lowest BCUT2D eigenvalue weighted by Gasteiger charge is -2.24. The van der Waals surface area contributed by atoms with Gasteiger partial charge in [-0.3, -0.25) is 9.59 Å². The molecular formula is C15H25NO5. The minimum atomic E-state index is -0.873. The standard InChI is InChI=1S/C15H25NO5/c1-10-3-4-12(21-10)5-6-14(17)16-9-13(20-2)7-11(16)8-15(18)19/h10-13H,3-9H2,1-2H3,(H,18,19). The van der Waals surface area contributed by atoms with Gasteiger partial charge < -0.3 is 19.5 Å². The molecule has 2 fully saturated rings. The molecule has 4 unspecified atom stereocenters. The minimum Gasteiger partial charge on any atom is -0.481 e. The summed E-state index contributed by atoms with van der Waals surface area (Å²) in [6, 6.07) is -0.247. The Bertz CT molecular complexity index is 386. The topological polar surface area (TPSA) is 76.1 Å². The zero-order valence-electron chi connectivity index (χ0n) is 12.8. The molecule has 2 rings (SSSR count). The van der Waals surface area contributed by atoms with Gasteiger partial charge in [0, 0.05) is 26.1 Å². The number of methoxy groups -OCH3 is 1. The molecule has 0 bridgehead atoms. The molecule has 2 heterocycles. The number of carboxylic acids is 1. The highest BCUT2D eigenvalue weighted by molar-refractivity contribution is 5.78.